The van der Waals surface area contributed by atoms with Gasteiger partial charge in [0.05, 0.1) is 11.2 Å². The summed E-state index contributed by atoms with van der Waals surface area (Å²) >= 11 is 0. The Morgan fingerprint density at radius 1 is 1.03 bits per heavy atom. The zero-order valence-electron chi connectivity index (χ0n) is 19.0. The lowest BCUT2D eigenvalue weighted by Crippen LogP contribution is -2.30. The van der Waals surface area contributed by atoms with Crippen molar-refractivity contribution in [3.05, 3.63) is 95.7 Å². The van der Waals surface area contributed by atoms with E-state index in [1.165, 1.54) is 0 Å². The topological polar surface area (TPSA) is 70.2 Å². The second-order valence-electron chi connectivity index (χ2n) is 8.40. The molecule has 170 valence electrons. The highest BCUT2D eigenvalue weighted by Crippen LogP contribution is 2.28. The number of hydrogen-bond acceptors (Lipinski definition) is 4. The number of rotatable bonds is 6. The molecule has 0 saturated carbocycles. The average molecular weight is 451 g/mol. The van der Waals surface area contributed by atoms with Crippen LogP contribution in [0.4, 0.5) is 5.69 Å². The van der Waals surface area contributed by atoms with E-state index in [1.54, 1.807) is 0 Å². The molecule has 0 aliphatic carbocycles. The summed E-state index contributed by atoms with van der Waals surface area (Å²) in [5.74, 6) is 1.27. The first-order chi connectivity index (χ1) is 16.6. The van der Waals surface area contributed by atoms with Gasteiger partial charge in [0.25, 0.3) is 5.91 Å². The van der Waals surface area contributed by atoms with E-state index in [-0.39, 0.29) is 5.91 Å². The maximum atomic E-state index is 12.6. The SMILES string of the molecule is CN1CCC=C(C(=O)Nc2cccc(Oc3ccc4c(/C=C/c5ccccc5)n[nH]c4c3)c2)C1. The van der Waals surface area contributed by atoms with Crippen LogP contribution in [0, 0.1) is 0 Å². The number of nitrogens with one attached hydrogen (secondary N) is 2. The standard InChI is InChI=1S/C28H26N4O2/c1-32-16-6-9-21(19-32)28(33)29-22-10-5-11-23(17-22)34-24-13-14-25-26(30-31-27(25)18-24)15-12-20-7-3-2-4-8-20/h2-5,7-15,17-18H,6,16,19H2,1H3,(H,29,33)(H,30,31)/b15-12+. The second kappa shape index (κ2) is 9.77. The first kappa shape index (κ1) is 21.7. The fourth-order valence-electron chi connectivity index (χ4n) is 3.99. The van der Waals surface area contributed by atoms with E-state index in [1.807, 2.05) is 85.9 Å². The second-order valence-corrected chi connectivity index (χ2v) is 8.40. The van der Waals surface area contributed by atoms with Gasteiger partial charge in [-0.25, -0.2) is 0 Å². The molecule has 0 spiro atoms. The molecule has 2 heterocycles. The summed E-state index contributed by atoms with van der Waals surface area (Å²) in [4.78, 5) is 14.8. The summed E-state index contributed by atoms with van der Waals surface area (Å²) in [6.45, 7) is 1.64. The van der Waals surface area contributed by atoms with Crippen molar-refractivity contribution in [2.45, 2.75) is 6.42 Å². The number of nitrogens with zero attached hydrogens (tertiary/aromatic N) is 2. The Kier molecular flexibility index (Phi) is 6.23. The molecular weight excluding hydrogens is 424 g/mol. The zero-order chi connectivity index (χ0) is 23.3. The van der Waals surface area contributed by atoms with E-state index in [0.29, 0.717) is 23.7 Å². The van der Waals surface area contributed by atoms with Gasteiger partial charge in [-0.05, 0) is 49.4 Å². The minimum atomic E-state index is -0.0707. The van der Waals surface area contributed by atoms with E-state index < -0.39 is 0 Å². The van der Waals surface area contributed by atoms with Crippen LogP contribution >= 0.6 is 0 Å². The zero-order valence-corrected chi connectivity index (χ0v) is 19.0. The lowest BCUT2D eigenvalue weighted by molar-refractivity contribution is -0.113. The molecule has 34 heavy (non-hydrogen) atoms. The number of fused-ring (bicyclic) bond motifs is 1. The van der Waals surface area contributed by atoms with Crippen molar-refractivity contribution in [1.29, 1.82) is 0 Å². The lowest BCUT2D eigenvalue weighted by atomic mass is 10.1. The molecule has 0 bridgehead atoms. The predicted molar refractivity (Wildman–Crippen MR) is 137 cm³/mol. The number of carbonyl (C=O) groups excluding carboxylic acids is 1. The summed E-state index contributed by atoms with van der Waals surface area (Å²) in [5.41, 5.74) is 4.38. The van der Waals surface area contributed by atoms with Crippen LogP contribution in [0.25, 0.3) is 23.1 Å². The summed E-state index contributed by atoms with van der Waals surface area (Å²) in [7, 11) is 2.02. The Morgan fingerprint density at radius 3 is 2.74 bits per heavy atom. The van der Waals surface area contributed by atoms with Crippen LogP contribution in [0.1, 0.15) is 17.7 Å². The predicted octanol–water partition coefficient (Wildman–Crippen LogP) is 5.73. The van der Waals surface area contributed by atoms with Gasteiger partial charge in [-0.3, -0.25) is 9.89 Å². The minimum absolute atomic E-state index is 0.0707. The number of hydrogen-bond donors (Lipinski definition) is 2. The van der Waals surface area contributed by atoms with Crippen molar-refractivity contribution in [3.8, 4) is 11.5 Å². The Hall–Kier alpha value is -4.16. The van der Waals surface area contributed by atoms with Crippen LogP contribution in [0.2, 0.25) is 0 Å². The van der Waals surface area contributed by atoms with E-state index in [2.05, 4.69) is 32.5 Å². The number of aromatic amines is 1. The maximum absolute atomic E-state index is 12.6. The first-order valence-electron chi connectivity index (χ1n) is 11.3. The maximum Gasteiger partial charge on any atom is 0.252 e. The summed E-state index contributed by atoms with van der Waals surface area (Å²) < 4.78 is 6.07. The third kappa shape index (κ3) is 5.08. The summed E-state index contributed by atoms with van der Waals surface area (Å²) in [6.07, 6.45) is 6.95. The van der Waals surface area contributed by atoms with E-state index in [0.717, 1.165) is 40.7 Å². The number of benzene rings is 3. The summed E-state index contributed by atoms with van der Waals surface area (Å²) in [5, 5.41) is 11.5. The van der Waals surface area contributed by atoms with Crippen LogP contribution in [0.15, 0.2) is 84.4 Å². The number of carbonyl (C=O) groups is 1. The molecule has 2 N–H and O–H groups in total. The molecule has 6 nitrogen and oxygen atoms in total. The van der Waals surface area contributed by atoms with E-state index in [4.69, 9.17) is 4.74 Å². The van der Waals surface area contributed by atoms with Crippen molar-refractivity contribution in [1.82, 2.24) is 15.1 Å². The Balaban J connectivity index is 1.28. The van der Waals surface area contributed by atoms with Crippen molar-refractivity contribution in [2.75, 3.05) is 25.5 Å². The molecule has 6 heteroatoms. The number of ether oxygens (including phenoxy) is 1. The van der Waals surface area contributed by atoms with Gasteiger partial charge < -0.3 is 15.0 Å². The molecule has 4 aromatic rings. The highest BCUT2D eigenvalue weighted by molar-refractivity contribution is 6.04. The van der Waals surface area contributed by atoms with Gasteiger partial charge in [0.2, 0.25) is 0 Å². The molecule has 1 aliphatic rings. The van der Waals surface area contributed by atoms with Crippen molar-refractivity contribution in [2.24, 2.45) is 0 Å². The molecule has 5 rings (SSSR count). The van der Waals surface area contributed by atoms with Crippen LogP contribution in [0.5, 0.6) is 11.5 Å². The smallest absolute Gasteiger partial charge is 0.252 e. The molecule has 0 saturated heterocycles. The van der Waals surface area contributed by atoms with E-state index in [9.17, 15) is 4.79 Å². The monoisotopic (exact) mass is 450 g/mol. The fourth-order valence-corrected chi connectivity index (χ4v) is 3.99. The van der Waals surface area contributed by atoms with Crippen LogP contribution in [0.3, 0.4) is 0 Å². The Bertz CT molecular complexity index is 1370. The van der Waals surface area contributed by atoms with Crippen LogP contribution < -0.4 is 10.1 Å². The Morgan fingerprint density at radius 2 is 1.88 bits per heavy atom. The first-order valence-corrected chi connectivity index (χ1v) is 11.3. The number of likely N-dealkylation sites (N-methyl/N-ethyl adjacent to an activating group) is 1. The average Bonchev–Trinajstić information content (AvgIpc) is 3.26. The van der Waals surface area contributed by atoms with Crippen molar-refractivity contribution >= 4 is 34.6 Å². The molecule has 0 unspecified atom stereocenters. The molecule has 3 aromatic carbocycles. The van der Waals surface area contributed by atoms with Crippen molar-refractivity contribution < 1.29 is 9.53 Å². The highest BCUT2D eigenvalue weighted by Gasteiger charge is 2.16. The van der Waals surface area contributed by atoms with Crippen LogP contribution in [-0.4, -0.2) is 41.1 Å². The third-order valence-corrected chi connectivity index (χ3v) is 5.76. The van der Waals surface area contributed by atoms with E-state index >= 15 is 0 Å². The van der Waals surface area contributed by atoms with Gasteiger partial charge >= 0.3 is 0 Å². The molecule has 1 aromatic heterocycles. The van der Waals surface area contributed by atoms with Gasteiger partial charge in [0.1, 0.15) is 11.5 Å². The van der Waals surface area contributed by atoms with Gasteiger partial charge in [-0.15, -0.1) is 0 Å². The largest absolute Gasteiger partial charge is 0.457 e. The molecule has 0 fully saturated rings. The Labute approximate surface area is 198 Å². The van der Waals surface area contributed by atoms with Crippen molar-refractivity contribution in [3.63, 3.8) is 0 Å². The molecule has 0 radical (unpaired) electrons. The quantitative estimate of drug-likeness (QED) is 0.394. The van der Waals surface area contributed by atoms with Gasteiger partial charge in [0, 0.05) is 41.9 Å². The normalized spacial score (nSPS) is 14.3. The lowest BCUT2D eigenvalue weighted by Gasteiger charge is -2.22. The third-order valence-electron chi connectivity index (χ3n) is 5.76. The molecular formula is C28H26N4O2. The fraction of sp³-hybridized carbons (Fsp3) is 0.143. The van der Waals surface area contributed by atoms with Crippen LogP contribution in [-0.2, 0) is 4.79 Å². The molecule has 1 aliphatic heterocycles. The number of aromatic nitrogens is 2. The van der Waals surface area contributed by atoms with Gasteiger partial charge in [-0.1, -0.05) is 48.6 Å². The molecule has 1 amide bonds. The minimum Gasteiger partial charge on any atom is -0.457 e. The number of anilines is 1. The number of amides is 1. The molecule has 0 atom stereocenters. The summed E-state index contributed by atoms with van der Waals surface area (Å²) in [6, 6.07) is 23.4. The van der Waals surface area contributed by atoms with Gasteiger partial charge in [-0.2, -0.15) is 5.10 Å². The van der Waals surface area contributed by atoms with Gasteiger partial charge in [0.15, 0.2) is 0 Å². The number of H-pyrrole nitrogens is 1. The highest BCUT2D eigenvalue weighted by atomic mass is 16.5.